The predicted molar refractivity (Wildman–Crippen MR) is 103 cm³/mol. The Morgan fingerprint density at radius 1 is 1.35 bits per heavy atom. The van der Waals surface area contributed by atoms with E-state index in [2.05, 4.69) is 29.2 Å². The van der Waals surface area contributed by atoms with Gasteiger partial charge in [0.15, 0.2) is 10.8 Å². The van der Waals surface area contributed by atoms with Crippen LogP contribution in [0.2, 0.25) is 0 Å². The van der Waals surface area contributed by atoms with E-state index in [9.17, 15) is 4.79 Å². The maximum atomic E-state index is 11.4. The van der Waals surface area contributed by atoms with E-state index in [4.69, 9.17) is 14.7 Å². The van der Waals surface area contributed by atoms with Crippen molar-refractivity contribution >= 4 is 34.7 Å². The molecule has 0 aromatic carbocycles. The number of alkyl carbamates (subject to hydrolysis) is 1. The van der Waals surface area contributed by atoms with E-state index in [1.54, 1.807) is 18.7 Å². The molecule has 0 atom stereocenters. The average Bonchev–Trinajstić information content (AvgIpc) is 3.24. The Labute approximate surface area is 157 Å². The molecule has 0 spiro atoms. The van der Waals surface area contributed by atoms with Crippen LogP contribution < -0.4 is 10.2 Å². The number of fused-ring (bicyclic) bond motifs is 1. The fourth-order valence-electron chi connectivity index (χ4n) is 2.96. The molecule has 1 amide bonds. The lowest BCUT2D eigenvalue weighted by atomic mass is 10.3. The van der Waals surface area contributed by atoms with Gasteiger partial charge in [-0.1, -0.05) is 25.6 Å². The standard InChI is InChI=1S/C17H26N6O2S/c1-4-25-17(24)18-7-10-23-15-13(11-19-23)14(22-8-5-6-9-22)20-16(21-15)26-12(2)3/h11-12H,4-10H2,1-3H3,(H,18,24). The molecule has 3 rings (SSSR count). The van der Waals surface area contributed by atoms with E-state index in [1.165, 1.54) is 12.8 Å². The van der Waals surface area contributed by atoms with Gasteiger partial charge < -0.3 is 15.0 Å². The molecular weight excluding hydrogens is 352 g/mol. The number of hydrogen-bond acceptors (Lipinski definition) is 7. The van der Waals surface area contributed by atoms with Gasteiger partial charge in [0.05, 0.1) is 24.7 Å². The number of nitrogens with one attached hydrogen (secondary N) is 1. The summed E-state index contributed by atoms with van der Waals surface area (Å²) in [6, 6.07) is 0. The van der Waals surface area contributed by atoms with Crippen LogP contribution in [0.25, 0.3) is 11.0 Å². The second kappa shape index (κ2) is 8.57. The van der Waals surface area contributed by atoms with Gasteiger partial charge in [0, 0.05) is 24.9 Å². The molecule has 2 aromatic heterocycles. The first kappa shape index (κ1) is 18.8. The quantitative estimate of drug-likeness (QED) is 0.585. The zero-order valence-electron chi connectivity index (χ0n) is 15.6. The van der Waals surface area contributed by atoms with Crippen molar-refractivity contribution < 1.29 is 9.53 Å². The van der Waals surface area contributed by atoms with Gasteiger partial charge in [0.2, 0.25) is 0 Å². The minimum Gasteiger partial charge on any atom is -0.450 e. The molecule has 142 valence electrons. The zero-order chi connectivity index (χ0) is 18.5. The first-order valence-electron chi connectivity index (χ1n) is 9.14. The summed E-state index contributed by atoms with van der Waals surface area (Å²) in [5.41, 5.74) is 0.815. The van der Waals surface area contributed by atoms with E-state index in [0.717, 1.165) is 35.1 Å². The maximum absolute atomic E-state index is 11.4. The minimum absolute atomic E-state index is 0.360. The number of thioether (sulfide) groups is 1. The number of rotatable bonds is 7. The third kappa shape index (κ3) is 4.38. The minimum atomic E-state index is -0.410. The van der Waals surface area contributed by atoms with Crippen molar-refractivity contribution in [2.75, 3.05) is 31.1 Å². The first-order valence-corrected chi connectivity index (χ1v) is 10.0. The molecule has 1 aliphatic heterocycles. The van der Waals surface area contributed by atoms with Gasteiger partial charge in [-0.05, 0) is 19.8 Å². The molecule has 1 saturated heterocycles. The summed E-state index contributed by atoms with van der Waals surface area (Å²) in [5.74, 6) is 0.972. The number of nitrogens with zero attached hydrogens (tertiary/aromatic N) is 5. The van der Waals surface area contributed by atoms with Crippen LogP contribution in [0.15, 0.2) is 11.4 Å². The summed E-state index contributed by atoms with van der Waals surface area (Å²) >= 11 is 1.65. The summed E-state index contributed by atoms with van der Waals surface area (Å²) in [7, 11) is 0. The zero-order valence-corrected chi connectivity index (χ0v) is 16.4. The molecule has 26 heavy (non-hydrogen) atoms. The number of anilines is 1. The third-order valence-corrected chi connectivity index (χ3v) is 4.94. The normalized spacial score (nSPS) is 14.4. The Balaban J connectivity index is 1.85. The van der Waals surface area contributed by atoms with Crippen molar-refractivity contribution in [3.8, 4) is 0 Å². The largest absolute Gasteiger partial charge is 0.450 e. The van der Waals surface area contributed by atoms with E-state index in [-0.39, 0.29) is 0 Å². The molecule has 0 bridgehead atoms. The highest BCUT2D eigenvalue weighted by Gasteiger charge is 2.21. The molecule has 8 nitrogen and oxygen atoms in total. The molecule has 0 radical (unpaired) electrons. The SMILES string of the molecule is CCOC(=O)NCCn1ncc2c(N3CCCC3)nc(SC(C)C)nc21. The number of amides is 1. The lowest BCUT2D eigenvalue weighted by Gasteiger charge is -2.18. The van der Waals surface area contributed by atoms with E-state index in [0.29, 0.717) is 24.9 Å². The Morgan fingerprint density at radius 2 is 2.12 bits per heavy atom. The molecule has 2 aromatic rings. The Hall–Kier alpha value is -2.03. The van der Waals surface area contributed by atoms with Crippen molar-refractivity contribution in [2.45, 2.75) is 50.6 Å². The molecule has 1 aliphatic rings. The number of aromatic nitrogens is 4. The molecule has 0 saturated carbocycles. The van der Waals surface area contributed by atoms with Crippen LogP contribution in [0.4, 0.5) is 10.6 Å². The molecule has 0 aliphatic carbocycles. The van der Waals surface area contributed by atoms with Crippen molar-refractivity contribution in [3.63, 3.8) is 0 Å². The van der Waals surface area contributed by atoms with E-state index < -0.39 is 6.09 Å². The number of carbonyl (C=O) groups is 1. The second-order valence-corrected chi connectivity index (χ2v) is 7.99. The molecular formula is C17H26N6O2S. The predicted octanol–water partition coefficient (Wildman–Crippen LogP) is 2.67. The third-order valence-electron chi connectivity index (χ3n) is 4.07. The van der Waals surface area contributed by atoms with Gasteiger partial charge in [-0.25, -0.2) is 19.4 Å². The fraction of sp³-hybridized carbons (Fsp3) is 0.647. The molecule has 1 fully saturated rings. The van der Waals surface area contributed by atoms with Gasteiger partial charge >= 0.3 is 6.09 Å². The van der Waals surface area contributed by atoms with Crippen LogP contribution in [0.5, 0.6) is 0 Å². The highest BCUT2D eigenvalue weighted by Crippen LogP contribution is 2.30. The lowest BCUT2D eigenvalue weighted by Crippen LogP contribution is -2.28. The Bertz CT molecular complexity index is 757. The molecule has 9 heteroatoms. The van der Waals surface area contributed by atoms with Gasteiger partial charge in [-0.3, -0.25) is 0 Å². The molecule has 1 N–H and O–H groups in total. The van der Waals surface area contributed by atoms with Crippen molar-refractivity contribution in [1.82, 2.24) is 25.1 Å². The summed E-state index contributed by atoms with van der Waals surface area (Å²) < 4.78 is 6.71. The van der Waals surface area contributed by atoms with Gasteiger partial charge in [0.25, 0.3) is 0 Å². The summed E-state index contributed by atoms with van der Waals surface area (Å²) in [6.07, 6.45) is 3.80. The van der Waals surface area contributed by atoms with E-state index in [1.807, 2.05) is 10.9 Å². The van der Waals surface area contributed by atoms with Crippen LogP contribution in [-0.4, -0.2) is 57.3 Å². The van der Waals surface area contributed by atoms with Crippen molar-refractivity contribution in [3.05, 3.63) is 6.20 Å². The Morgan fingerprint density at radius 3 is 2.81 bits per heavy atom. The number of hydrogen-bond donors (Lipinski definition) is 1. The van der Waals surface area contributed by atoms with E-state index >= 15 is 0 Å². The first-order chi connectivity index (χ1) is 12.6. The van der Waals surface area contributed by atoms with Crippen LogP contribution in [0, 0.1) is 0 Å². The topological polar surface area (TPSA) is 85.2 Å². The van der Waals surface area contributed by atoms with Gasteiger partial charge in [0.1, 0.15) is 5.82 Å². The monoisotopic (exact) mass is 378 g/mol. The summed E-state index contributed by atoms with van der Waals surface area (Å²) in [4.78, 5) is 23.3. The summed E-state index contributed by atoms with van der Waals surface area (Å²) in [5, 5.41) is 9.34. The number of carbonyl (C=O) groups excluding carboxylic acids is 1. The highest BCUT2D eigenvalue weighted by atomic mass is 32.2. The van der Waals surface area contributed by atoms with Gasteiger partial charge in [-0.15, -0.1) is 0 Å². The average molecular weight is 379 g/mol. The highest BCUT2D eigenvalue weighted by molar-refractivity contribution is 7.99. The Kier molecular flexibility index (Phi) is 6.18. The van der Waals surface area contributed by atoms with Crippen molar-refractivity contribution in [2.24, 2.45) is 0 Å². The van der Waals surface area contributed by atoms with Crippen LogP contribution >= 0.6 is 11.8 Å². The smallest absolute Gasteiger partial charge is 0.407 e. The summed E-state index contributed by atoms with van der Waals surface area (Å²) in [6.45, 7) is 9.42. The maximum Gasteiger partial charge on any atom is 0.407 e. The lowest BCUT2D eigenvalue weighted by molar-refractivity contribution is 0.152. The van der Waals surface area contributed by atoms with Crippen LogP contribution in [-0.2, 0) is 11.3 Å². The molecule has 3 heterocycles. The van der Waals surface area contributed by atoms with Gasteiger partial charge in [-0.2, -0.15) is 5.10 Å². The van der Waals surface area contributed by atoms with Crippen LogP contribution in [0.3, 0.4) is 0 Å². The second-order valence-electron chi connectivity index (χ2n) is 6.44. The van der Waals surface area contributed by atoms with Crippen LogP contribution in [0.1, 0.15) is 33.6 Å². The fourth-order valence-corrected chi connectivity index (χ4v) is 3.66. The molecule has 0 unspecified atom stereocenters. The number of ether oxygens (including phenoxy) is 1. The van der Waals surface area contributed by atoms with Crippen molar-refractivity contribution in [1.29, 1.82) is 0 Å².